The highest BCUT2D eigenvalue weighted by Crippen LogP contribution is 2.18. The average Bonchev–Trinajstić information content (AvgIpc) is 2.28. The van der Waals surface area contributed by atoms with E-state index in [2.05, 4.69) is 0 Å². The van der Waals surface area contributed by atoms with Crippen molar-refractivity contribution < 1.29 is 9.90 Å². The molecule has 0 aliphatic heterocycles. The number of carbonyl (C=O) groups is 1. The summed E-state index contributed by atoms with van der Waals surface area (Å²) in [5, 5.41) is 18.2. The molecule has 0 saturated carbocycles. The fourth-order valence-electron chi connectivity index (χ4n) is 1.24. The molecule has 0 aromatic heterocycles. The van der Waals surface area contributed by atoms with E-state index in [-0.39, 0.29) is 16.4 Å². The van der Waals surface area contributed by atoms with Gasteiger partial charge in [-0.25, -0.2) is 0 Å². The van der Waals surface area contributed by atoms with Crippen LogP contribution in [-0.2, 0) is 4.79 Å². The van der Waals surface area contributed by atoms with E-state index in [4.69, 9.17) is 5.26 Å². The van der Waals surface area contributed by atoms with Gasteiger partial charge in [-0.2, -0.15) is 5.26 Å². The summed E-state index contributed by atoms with van der Waals surface area (Å²) in [6, 6.07) is 6.80. The molecule has 1 aromatic carbocycles. The lowest BCUT2D eigenvalue weighted by Crippen LogP contribution is -1.83. The first-order chi connectivity index (χ1) is 8.13. The summed E-state index contributed by atoms with van der Waals surface area (Å²) in [6.07, 6.45) is 4.60. The highest BCUT2D eigenvalue weighted by Gasteiger charge is 1.99. The van der Waals surface area contributed by atoms with Gasteiger partial charge in [0.2, 0.25) is 0 Å². The molecule has 0 atom stereocenters. The van der Waals surface area contributed by atoms with Crippen molar-refractivity contribution in [2.24, 2.45) is 0 Å². The van der Waals surface area contributed by atoms with Gasteiger partial charge in [-0.3, -0.25) is 4.79 Å². The highest BCUT2D eigenvalue weighted by atomic mass is 32.2. The topological polar surface area (TPSA) is 61.1 Å². The van der Waals surface area contributed by atoms with Crippen molar-refractivity contribution in [3.8, 4) is 11.8 Å². The second-order valence-electron chi connectivity index (χ2n) is 3.42. The molecule has 1 N–H and O–H groups in total. The number of rotatable bonds is 4. The summed E-state index contributed by atoms with van der Waals surface area (Å²) >= 11 is 1.29. The third-order valence-electron chi connectivity index (χ3n) is 2.04. The van der Waals surface area contributed by atoms with Crippen LogP contribution in [-0.4, -0.2) is 16.0 Å². The third-order valence-corrected chi connectivity index (χ3v) is 2.89. The van der Waals surface area contributed by atoms with E-state index in [9.17, 15) is 9.90 Å². The summed E-state index contributed by atoms with van der Waals surface area (Å²) in [6.45, 7) is 1.55. The van der Waals surface area contributed by atoms with E-state index in [0.717, 1.165) is 17.7 Å². The van der Waals surface area contributed by atoms with Crippen LogP contribution >= 0.6 is 11.8 Å². The first-order valence-electron chi connectivity index (χ1n) is 5.16. The van der Waals surface area contributed by atoms with Crippen molar-refractivity contribution in [3.05, 3.63) is 35.4 Å². The van der Waals surface area contributed by atoms with Crippen LogP contribution in [0.25, 0.3) is 6.08 Å². The zero-order valence-corrected chi connectivity index (χ0v) is 10.3. The normalized spacial score (nSPS) is 10.4. The zero-order chi connectivity index (χ0) is 12.7. The van der Waals surface area contributed by atoms with Crippen LogP contribution in [0, 0.1) is 11.3 Å². The summed E-state index contributed by atoms with van der Waals surface area (Å²) < 4.78 is 0. The molecule has 1 rings (SSSR count). The predicted molar refractivity (Wildman–Crippen MR) is 69.6 cm³/mol. The van der Waals surface area contributed by atoms with E-state index in [1.54, 1.807) is 25.1 Å². The second kappa shape index (κ2) is 6.77. The van der Waals surface area contributed by atoms with Crippen LogP contribution in [0.4, 0.5) is 0 Å². The first-order valence-corrected chi connectivity index (χ1v) is 6.15. The molecule has 17 heavy (non-hydrogen) atoms. The fraction of sp³-hybridized carbons (Fsp3) is 0.231. The molecule has 0 saturated heterocycles. The Kier molecular flexibility index (Phi) is 5.31. The Balaban J connectivity index is 2.52. The van der Waals surface area contributed by atoms with Crippen LogP contribution in [0.2, 0.25) is 0 Å². The van der Waals surface area contributed by atoms with Gasteiger partial charge in [-0.15, -0.1) is 0 Å². The molecule has 0 heterocycles. The molecule has 0 fully saturated rings. The molecule has 0 aliphatic carbocycles. The molecule has 0 aliphatic rings. The Bertz CT molecular complexity index is 475. The first kappa shape index (κ1) is 13.3. The minimum absolute atomic E-state index is 0.00670. The molecule has 3 nitrogen and oxygen atoms in total. The van der Waals surface area contributed by atoms with Crippen molar-refractivity contribution in [2.45, 2.75) is 13.3 Å². The SMILES string of the molecule is CC(=O)SCCC=Cc1ccc(C#N)c(O)c1. The number of aromatic hydroxyl groups is 1. The maximum atomic E-state index is 10.7. The molecule has 0 unspecified atom stereocenters. The summed E-state index contributed by atoms with van der Waals surface area (Å²) in [7, 11) is 0. The quantitative estimate of drug-likeness (QED) is 0.831. The Morgan fingerprint density at radius 3 is 2.94 bits per heavy atom. The van der Waals surface area contributed by atoms with Crippen LogP contribution < -0.4 is 0 Å². The number of phenols is 1. The standard InChI is InChI=1S/C13H13NO2S/c1-10(15)17-7-3-2-4-11-5-6-12(9-14)13(16)8-11/h2,4-6,8,16H,3,7H2,1H3. The van der Waals surface area contributed by atoms with E-state index >= 15 is 0 Å². The van der Waals surface area contributed by atoms with Gasteiger partial charge in [0.1, 0.15) is 11.8 Å². The van der Waals surface area contributed by atoms with E-state index in [0.29, 0.717) is 0 Å². The number of allylic oxidation sites excluding steroid dienone is 1. The lowest BCUT2D eigenvalue weighted by Gasteiger charge is -1.97. The minimum atomic E-state index is -0.00670. The monoisotopic (exact) mass is 247 g/mol. The Morgan fingerprint density at radius 2 is 2.35 bits per heavy atom. The Hall–Kier alpha value is -1.73. The minimum Gasteiger partial charge on any atom is -0.507 e. The van der Waals surface area contributed by atoms with Crippen molar-refractivity contribution in [1.82, 2.24) is 0 Å². The molecule has 0 radical (unpaired) electrons. The van der Waals surface area contributed by atoms with Crippen LogP contribution in [0.3, 0.4) is 0 Å². The third kappa shape index (κ3) is 4.75. The summed E-state index contributed by atoms with van der Waals surface area (Å²) in [4.78, 5) is 10.7. The van der Waals surface area contributed by atoms with Gasteiger partial charge >= 0.3 is 0 Å². The van der Waals surface area contributed by atoms with Crippen molar-refractivity contribution in [2.75, 3.05) is 5.75 Å². The largest absolute Gasteiger partial charge is 0.507 e. The number of hydrogen-bond acceptors (Lipinski definition) is 4. The average molecular weight is 247 g/mol. The summed E-state index contributed by atoms with van der Waals surface area (Å²) in [5.41, 5.74) is 1.11. The molecule has 1 aromatic rings. The lowest BCUT2D eigenvalue weighted by molar-refractivity contribution is -0.109. The van der Waals surface area contributed by atoms with Gasteiger partial charge < -0.3 is 5.11 Å². The Labute approximate surface area is 105 Å². The molecular weight excluding hydrogens is 234 g/mol. The van der Waals surface area contributed by atoms with Gasteiger partial charge in [0, 0.05) is 12.7 Å². The molecule has 0 bridgehead atoms. The van der Waals surface area contributed by atoms with Crippen molar-refractivity contribution in [3.63, 3.8) is 0 Å². The number of carbonyl (C=O) groups excluding carboxylic acids is 1. The number of thioether (sulfide) groups is 1. The van der Waals surface area contributed by atoms with Crippen LogP contribution in [0.15, 0.2) is 24.3 Å². The van der Waals surface area contributed by atoms with Gasteiger partial charge in [0.05, 0.1) is 5.56 Å². The maximum absolute atomic E-state index is 10.7. The Morgan fingerprint density at radius 1 is 1.59 bits per heavy atom. The molecule has 0 spiro atoms. The van der Waals surface area contributed by atoms with Gasteiger partial charge in [0.15, 0.2) is 5.12 Å². The van der Waals surface area contributed by atoms with Gasteiger partial charge in [-0.05, 0) is 24.1 Å². The maximum Gasteiger partial charge on any atom is 0.185 e. The van der Waals surface area contributed by atoms with Crippen LogP contribution in [0.1, 0.15) is 24.5 Å². The predicted octanol–water partition coefficient (Wildman–Crippen LogP) is 2.95. The number of nitriles is 1. The molecular formula is C13H13NO2S. The molecule has 4 heteroatoms. The van der Waals surface area contributed by atoms with Crippen LogP contribution in [0.5, 0.6) is 5.75 Å². The molecule has 88 valence electrons. The summed E-state index contributed by atoms with van der Waals surface area (Å²) in [5.74, 6) is 0.751. The van der Waals surface area contributed by atoms with Crippen molar-refractivity contribution in [1.29, 1.82) is 5.26 Å². The zero-order valence-electron chi connectivity index (χ0n) is 9.51. The number of nitrogens with zero attached hydrogens (tertiary/aromatic N) is 1. The van der Waals surface area contributed by atoms with E-state index in [1.165, 1.54) is 11.8 Å². The lowest BCUT2D eigenvalue weighted by atomic mass is 10.1. The number of benzene rings is 1. The fourth-order valence-corrected chi connectivity index (χ4v) is 1.78. The highest BCUT2D eigenvalue weighted by molar-refractivity contribution is 8.13. The number of phenolic OH excluding ortho intramolecular Hbond substituents is 1. The number of hydrogen-bond donors (Lipinski definition) is 1. The van der Waals surface area contributed by atoms with E-state index in [1.807, 2.05) is 18.2 Å². The van der Waals surface area contributed by atoms with Crippen molar-refractivity contribution >= 4 is 23.0 Å². The van der Waals surface area contributed by atoms with E-state index < -0.39 is 0 Å². The van der Waals surface area contributed by atoms with Gasteiger partial charge in [-0.1, -0.05) is 30.0 Å². The molecule has 0 amide bonds. The van der Waals surface area contributed by atoms with Gasteiger partial charge in [0.25, 0.3) is 0 Å². The second-order valence-corrected chi connectivity index (χ2v) is 4.69. The smallest absolute Gasteiger partial charge is 0.185 e.